The van der Waals surface area contributed by atoms with E-state index in [0.717, 1.165) is 32.0 Å². The lowest BCUT2D eigenvalue weighted by molar-refractivity contribution is -0.133. The van der Waals surface area contributed by atoms with Crippen LogP contribution in [0.3, 0.4) is 0 Å². The molecule has 0 spiro atoms. The molecule has 1 fully saturated rings. The van der Waals surface area contributed by atoms with Crippen molar-refractivity contribution in [3.8, 4) is 0 Å². The first-order valence-corrected chi connectivity index (χ1v) is 6.71. The van der Waals surface area contributed by atoms with E-state index in [4.69, 9.17) is 0 Å². The topological polar surface area (TPSA) is 39.7 Å². The molecule has 1 aromatic heterocycles. The molecule has 0 saturated carbocycles. The Morgan fingerprint density at radius 3 is 2.47 bits per heavy atom. The van der Waals surface area contributed by atoms with Crippen LogP contribution < -0.4 is 4.90 Å². The molecule has 1 saturated heterocycles. The number of likely N-dealkylation sites (N-methyl/N-ethyl adjacent to an activating group) is 1. The summed E-state index contributed by atoms with van der Waals surface area (Å²) in [6, 6.07) is 5.93. The molecule has 19 heavy (non-hydrogen) atoms. The van der Waals surface area contributed by atoms with Crippen LogP contribution in [0.4, 0.5) is 5.82 Å². The molecule has 0 N–H and O–H groups in total. The highest BCUT2D eigenvalue weighted by Gasteiger charge is 2.26. The number of nitrogens with zero attached hydrogens (tertiary/aromatic N) is 4. The Balaban J connectivity index is 1.91. The van der Waals surface area contributed by atoms with E-state index in [2.05, 4.69) is 14.8 Å². The summed E-state index contributed by atoms with van der Waals surface area (Å²) in [4.78, 5) is 22.5. The van der Waals surface area contributed by atoms with Gasteiger partial charge in [-0.05, 0) is 19.1 Å². The lowest BCUT2D eigenvalue weighted by atomic mass is 10.2. The van der Waals surface area contributed by atoms with Gasteiger partial charge in [0.2, 0.25) is 5.91 Å². The number of amides is 1. The number of carbonyl (C=O) groups is 1. The smallest absolute Gasteiger partial charge is 0.239 e. The largest absolute Gasteiger partial charge is 0.354 e. The monoisotopic (exact) mass is 262 g/mol. The summed E-state index contributed by atoms with van der Waals surface area (Å²) < 4.78 is 0. The molecule has 1 unspecified atom stereocenters. The molecule has 5 nitrogen and oxygen atoms in total. The first-order valence-electron chi connectivity index (χ1n) is 6.71. The third-order valence-electron chi connectivity index (χ3n) is 3.63. The molecular formula is C14H22N4O. The fraction of sp³-hybridized carbons (Fsp3) is 0.571. The van der Waals surface area contributed by atoms with Crippen molar-refractivity contribution in [3.63, 3.8) is 0 Å². The Hall–Kier alpha value is -1.62. The van der Waals surface area contributed by atoms with E-state index < -0.39 is 0 Å². The van der Waals surface area contributed by atoms with Gasteiger partial charge in [-0.25, -0.2) is 4.98 Å². The van der Waals surface area contributed by atoms with Crippen molar-refractivity contribution < 1.29 is 4.79 Å². The highest BCUT2D eigenvalue weighted by Crippen LogP contribution is 2.14. The van der Waals surface area contributed by atoms with E-state index in [1.54, 1.807) is 4.90 Å². The normalized spacial score (nSPS) is 18.2. The molecule has 5 heteroatoms. The van der Waals surface area contributed by atoms with E-state index in [-0.39, 0.29) is 11.9 Å². The Kier molecular flexibility index (Phi) is 4.37. The minimum atomic E-state index is -0.0408. The number of hydrogen-bond donors (Lipinski definition) is 0. The number of pyridine rings is 1. The molecule has 0 aromatic carbocycles. The maximum Gasteiger partial charge on any atom is 0.239 e. The first kappa shape index (κ1) is 13.8. The van der Waals surface area contributed by atoms with Crippen molar-refractivity contribution >= 4 is 11.7 Å². The SMILES string of the molecule is CC(C(=O)N(C)C)N1CCN(c2ccccn2)CC1. The van der Waals surface area contributed by atoms with E-state index in [9.17, 15) is 4.79 Å². The van der Waals surface area contributed by atoms with Crippen LogP contribution in [0.25, 0.3) is 0 Å². The third kappa shape index (κ3) is 3.23. The minimum absolute atomic E-state index is 0.0408. The molecule has 0 aliphatic carbocycles. The van der Waals surface area contributed by atoms with Crippen molar-refractivity contribution in [1.82, 2.24) is 14.8 Å². The van der Waals surface area contributed by atoms with E-state index in [0.29, 0.717) is 0 Å². The molecule has 1 aromatic rings. The number of piperazine rings is 1. The van der Waals surface area contributed by atoms with Gasteiger partial charge >= 0.3 is 0 Å². The number of anilines is 1. The molecule has 1 aliphatic heterocycles. The molecular weight excluding hydrogens is 240 g/mol. The molecule has 2 rings (SSSR count). The fourth-order valence-corrected chi connectivity index (χ4v) is 2.41. The van der Waals surface area contributed by atoms with Crippen LogP contribution in [0.1, 0.15) is 6.92 Å². The Labute approximate surface area is 114 Å². The van der Waals surface area contributed by atoms with E-state index >= 15 is 0 Å². The fourth-order valence-electron chi connectivity index (χ4n) is 2.41. The number of hydrogen-bond acceptors (Lipinski definition) is 4. The van der Waals surface area contributed by atoms with Crippen molar-refractivity contribution in [2.45, 2.75) is 13.0 Å². The van der Waals surface area contributed by atoms with Gasteiger partial charge in [-0.1, -0.05) is 6.07 Å². The van der Waals surface area contributed by atoms with Crippen LogP contribution in [-0.2, 0) is 4.79 Å². The maximum atomic E-state index is 12.0. The maximum absolute atomic E-state index is 12.0. The standard InChI is InChI=1S/C14H22N4O/c1-12(14(19)16(2)3)17-8-10-18(11-9-17)13-6-4-5-7-15-13/h4-7,12H,8-11H2,1-3H3. The lowest BCUT2D eigenvalue weighted by Gasteiger charge is -2.38. The molecule has 0 radical (unpaired) electrons. The summed E-state index contributed by atoms with van der Waals surface area (Å²) in [5, 5.41) is 0. The van der Waals surface area contributed by atoms with Crippen LogP contribution in [-0.4, -0.2) is 67.0 Å². The van der Waals surface area contributed by atoms with Crippen LogP contribution >= 0.6 is 0 Å². The van der Waals surface area contributed by atoms with E-state index in [1.807, 2.05) is 45.4 Å². The summed E-state index contributed by atoms with van der Waals surface area (Å²) >= 11 is 0. The third-order valence-corrected chi connectivity index (χ3v) is 3.63. The molecule has 1 atom stereocenters. The molecule has 0 bridgehead atoms. The first-order chi connectivity index (χ1) is 9.09. The Bertz CT molecular complexity index is 413. The van der Waals surface area contributed by atoms with Gasteiger partial charge in [-0.3, -0.25) is 9.69 Å². The van der Waals surface area contributed by atoms with Crippen LogP contribution in [0, 0.1) is 0 Å². The zero-order chi connectivity index (χ0) is 13.8. The van der Waals surface area contributed by atoms with Gasteiger partial charge in [-0.2, -0.15) is 0 Å². The highest BCUT2D eigenvalue weighted by atomic mass is 16.2. The second-order valence-corrected chi connectivity index (χ2v) is 5.12. The highest BCUT2D eigenvalue weighted by molar-refractivity contribution is 5.80. The average molecular weight is 262 g/mol. The van der Waals surface area contributed by atoms with Gasteiger partial charge in [-0.15, -0.1) is 0 Å². The van der Waals surface area contributed by atoms with Gasteiger partial charge in [0.15, 0.2) is 0 Å². The summed E-state index contributed by atoms with van der Waals surface area (Å²) in [7, 11) is 3.62. The predicted octanol–water partition coefficient (Wildman–Crippen LogP) is 0.680. The van der Waals surface area contributed by atoms with Gasteiger partial charge in [0.05, 0.1) is 6.04 Å². The summed E-state index contributed by atoms with van der Waals surface area (Å²) in [6.07, 6.45) is 1.82. The average Bonchev–Trinajstić information content (AvgIpc) is 2.46. The van der Waals surface area contributed by atoms with Gasteiger partial charge in [0.1, 0.15) is 5.82 Å². The Morgan fingerprint density at radius 1 is 1.26 bits per heavy atom. The van der Waals surface area contributed by atoms with E-state index in [1.165, 1.54) is 0 Å². The summed E-state index contributed by atoms with van der Waals surface area (Å²) in [6.45, 7) is 5.62. The van der Waals surface area contributed by atoms with Gasteiger partial charge in [0.25, 0.3) is 0 Å². The van der Waals surface area contributed by atoms with Crippen molar-refractivity contribution in [1.29, 1.82) is 0 Å². The second-order valence-electron chi connectivity index (χ2n) is 5.12. The van der Waals surface area contributed by atoms with Gasteiger partial charge < -0.3 is 9.80 Å². The van der Waals surface area contributed by atoms with Crippen molar-refractivity contribution in [2.24, 2.45) is 0 Å². The second kappa shape index (κ2) is 6.02. The zero-order valence-electron chi connectivity index (χ0n) is 11.9. The predicted molar refractivity (Wildman–Crippen MR) is 76.2 cm³/mol. The molecule has 1 amide bonds. The quantitative estimate of drug-likeness (QED) is 0.803. The number of carbonyl (C=O) groups excluding carboxylic acids is 1. The zero-order valence-corrected chi connectivity index (χ0v) is 11.9. The van der Waals surface area contributed by atoms with Crippen molar-refractivity contribution in [3.05, 3.63) is 24.4 Å². The molecule has 1 aliphatic rings. The minimum Gasteiger partial charge on any atom is -0.354 e. The van der Waals surface area contributed by atoms with Crippen LogP contribution in [0.2, 0.25) is 0 Å². The molecule has 104 valence electrons. The van der Waals surface area contributed by atoms with Crippen molar-refractivity contribution in [2.75, 3.05) is 45.2 Å². The number of rotatable bonds is 3. The van der Waals surface area contributed by atoms with Crippen LogP contribution in [0.15, 0.2) is 24.4 Å². The number of aromatic nitrogens is 1. The summed E-state index contributed by atoms with van der Waals surface area (Å²) in [5.41, 5.74) is 0. The lowest BCUT2D eigenvalue weighted by Crippen LogP contribution is -2.53. The van der Waals surface area contributed by atoms with Crippen LogP contribution in [0.5, 0.6) is 0 Å². The summed E-state index contributed by atoms with van der Waals surface area (Å²) in [5.74, 6) is 1.19. The molecule has 2 heterocycles. The van der Waals surface area contributed by atoms with Gasteiger partial charge in [0, 0.05) is 46.5 Å². The Morgan fingerprint density at radius 2 is 1.95 bits per heavy atom.